The van der Waals surface area contributed by atoms with Crippen LogP contribution >= 0.6 is 0 Å². The third-order valence-electron chi connectivity index (χ3n) is 4.59. The Morgan fingerprint density at radius 1 is 1.26 bits per heavy atom. The summed E-state index contributed by atoms with van der Waals surface area (Å²) in [6.07, 6.45) is 4.22. The molecule has 112 valence electrons. The lowest BCUT2D eigenvalue weighted by molar-refractivity contribution is -0.134. The van der Waals surface area contributed by atoms with Crippen molar-refractivity contribution in [1.29, 1.82) is 0 Å². The van der Waals surface area contributed by atoms with Gasteiger partial charge < -0.3 is 13.6 Å². The second-order valence-corrected chi connectivity index (χ2v) is 8.94. The van der Waals surface area contributed by atoms with Crippen molar-refractivity contribution < 1.29 is 18.4 Å². The normalized spacial score (nSPS) is 30.3. The van der Waals surface area contributed by atoms with Gasteiger partial charge in [0.2, 0.25) is 0 Å². The number of carbonyl (C=O) groups is 1. The number of rotatable bonds is 7. The first-order chi connectivity index (χ1) is 9.07. The Morgan fingerprint density at radius 3 is 2.32 bits per heavy atom. The summed E-state index contributed by atoms with van der Waals surface area (Å²) in [5, 5.41) is -0.531. The average Bonchev–Trinajstić information content (AvgIpc) is 2.46. The van der Waals surface area contributed by atoms with Crippen molar-refractivity contribution in [1.82, 2.24) is 0 Å². The highest BCUT2D eigenvalue weighted by atomic mass is 28.4. The fraction of sp³-hybridized carbons (Fsp3) is 0.929. The third-order valence-corrected chi connectivity index (χ3v) is 9.01. The van der Waals surface area contributed by atoms with E-state index < -0.39 is 13.8 Å². The highest BCUT2D eigenvalue weighted by molar-refractivity contribution is 6.71. The van der Waals surface area contributed by atoms with E-state index in [1.807, 2.05) is 6.92 Å². The zero-order valence-corrected chi connectivity index (χ0v) is 14.0. The van der Waals surface area contributed by atoms with Gasteiger partial charge in [0.25, 0.3) is 0 Å². The molecule has 4 nitrogen and oxygen atoms in total. The SMILES string of the molecule is CCCC1(OC)C(C(=O)CC)CCC[Si]1(OC)OC. The first-order valence-corrected chi connectivity index (χ1v) is 9.28. The molecular weight excluding hydrogens is 260 g/mol. The minimum Gasteiger partial charge on any atom is -0.396 e. The van der Waals surface area contributed by atoms with Gasteiger partial charge in [-0.05, 0) is 18.9 Å². The van der Waals surface area contributed by atoms with E-state index in [-0.39, 0.29) is 11.7 Å². The summed E-state index contributed by atoms with van der Waals surface area (Å²) in [6.45, 7) is 4.04. The lowest BCUT2D eigenvalue weighted by Crippen LogP contribution is -2.69. The van der Waals surface area contributed by atoms with E-state index in [4.69, 9.17) is 13.6 Å². The fourth-order valence-electron chi connectivity index (χ4n) is 3.69. The van der Waals surface area contributed by atoms with Crippen molar-refractivity contribution in [3.63, 3.8) is 0 Å². The van der Waals surface area contributed by atoms with Crippen molar-refractivity contribution in [2.75, 3.05) is 21.3 Å². The molecule has 1 aliphatic heterocycles. The van der Waals surface area contributed by atoms with Gasteiger partial charge in [-0.1, -0.05) is 26.7 Å². The van der Waals surface area contributed by atoms with E-state index in [0.29, 0.717) is 6.42 Å². The van der Waals surface area contributed by atoms with Gasteiger partial charge in [-0.25, -0.2) is 0 Å². The lowest BCUT2D eigenvalue weighted by Gasteiger charge is -2.51. The first kappa shape index (κ1) is 16.8. The summed E-state index contributed by atoms with van der Waals surface area (Å²) in [5.74, 6) is 0.198. The van der Waals surface area contributed by atoms with Gasteiger partial charge in [0.15, 0.2) is 0 Å². The molecule has 1 heterocycles. The molecular formula is C14H28O4Si. The van der Waals surface area contributed by atoms with Crippen LogP contribution in [-0.4, -0.2) is 40.9 Å². The molecule has 5 heteroatoms. The molecule has 1 rings (SSSR count). The minimum atomic E-state index is -2.52. The van der Waals surface area contributed by atoms with Gasteiger partial charge in [-0.15, -0.1) is 0 Å². The Balaban J connectivity index is 3.27. The van der Waals surface area contributed by atoms with Crippen LogP contribution in [0.25, 0.3) is 0 Å². The molecule has 0 aliphatic carbocycles. The molecule has 0 aromatic carbocycles. The fourth-order valence-corrected chi connectivity index (χ4v) is 7.82. The largest absolute Gasteiger partial charge is 0.396 e. The highest BCUT2D eigenvalue weighted by Crippen LogP contribution is 2.47. The van der Waals surface area contributed by atoms with E-state index in [0.717, 1.165) is 31.7 Å². The van der Waals surface area contributed by atoms with Crippen LogP contribution in [0, 0.1) is 5.92 Å². The molecule has 0 bridgehead atoms. The maximum absolute atomic E-state index is 12.4. The number of ether oxygens (including phenoxy) is 1. The number of Topliss-reactive ketones (excluding diaryl/α,β-unsaturated/α-hetero) is 1. The number of methoxy groups -OCH3 is 1. The van der Waals surface area contributed by atoms with E-state index in [1.165, 1.54) is 0 Å². The van der Waals surface area contributed by atoms with Crippen LogP contribution in [-0.2, 0) is 18.4 Å². The van der Waals surface area contributed by atoms with Crippen molar-refractivity contribution >= 4 is 14.3 Å². The Hall–Kier alpha value is -0.233. The number of hydrogen-bond donors (Lipinski definition) is 0. The molecule has 1 saturated heterocycles. The van der Waals surface area contributed by atoms with Crippen LogP contribution in [0.3, 0.4) is 0 Å². The van der Waals surface area contributed by atoms with Crippen molar-refractivity contribution in [2.24, 2.45) is 5.92 Å². The third kappa shape index (κ3) is 2.66. The minimum absolute atomic E-state index is 0.0808. The molecule has 0 radical (unpaired) electrons. The molecule has 2 unspecified atom stereocenters. The lowest BCUT2D eigenvalue weighted by atomic mass is 9.87. The maximum atomic E-state index is 12.4. The van der Waals surface area contributed by atoms with Crippen LogP contribution in [0.4, 0.5) is 0 Å². The second-order valence-electron chi connectivity index (χ2n) is 5.27. The van der Waals surface area contributed by atoms with Gasteiger partial charge in [0, 0.05) is 33.7 Å². The van der Waals surface area contributed by atoms with E-state index in [1.54, 1.807) is 21.3 Å². The Kier molecular flexibility index (Phi) is 6.17. The van der Waals surface area contributed by atoms with Crippen LogP contribution < -0.4 is 0 Å². The summed E-state index contributed by atoms with van der Waals surface area (Å²) in [4.78, 5) is 12.4. The quantitative estimate of drug-likeness (QED) is 0.676. The summed E-state index contributed by atoms with van der Waals surface area (Å²) in [6, 6.07) is 0.904. The molecule has 0 saturated carbocycles. The molecule has 0 N–H and O–H groups in total. The highest BCUT2D eigenvalue weighted by Gasteiger charge is 2.64. The second kappa shape index (κ2) is 6.97. The molecule has 1 fully saturated rings. The number of ketones is 1. The first-order valence-electron chi connectivity index (χ1n) is 7.25. The van der Waals surface area contributed by atoms with Crippen molar-refractivity contribution in [2.45, 2.75) is 57.2 Å². The van der Waals surface area contributed by atoms with Crippen molar-refractivity contribution in [3.05, 3.63) is 0 Å². The molecule has 2 atom stereocenters. The number of carbonyl (C=O) groups excluding carboxylic acids is 1. The monoisotopic (exact) mass is 288 g/mol. The predicted molar refractivity (Wildman–Crippen MR) is 77.2 cm³/mol. The van der Waals surface area contributed by atoms with E-state index in [9.17, 15) is 4.79 Å². The Labute approximate surface area is 118 Å². The molecule has 1 aliphatic rings. The molecule has 0 spiro atoms. The summed E-state index contributed by atoms with van der Waals surface area (Å²) in [5.41, 5.74) is 0. The Bertz CT molecular complexity index is 304. The molecule has 0 aromatic heterocycles. The smallest absolute Gasteiger partial charge is 0.371 e. The van der Waals surface area contributed by atoms with Crippen LogP contribution in [0.15, 0.2) is 0 Å². The topological polar surface area (TPSA) is 44.8 Å². The molecule has 0 aromatic rings. The summed E-state index contributed by atoms with van der Waals surface area (Å²) in [7, 11) is 2.60. The zero-order chi connectivity index (χ0) is 14.5. The van der Waals surface area contributed by atoms with Crippen molar-refractivity contribution in [3.8, 4) is 0 Å². The summed E-state index contributed by atoms with van der Waals surface area (Å²) < 4.78 is 17.6. The number of hydrogen-bond acceptors (Lipinski definition) is 4. The molecule has 0 amide bonds. The van der Waals surface area contributed by atoms with Gasteiger partial charge in [0.05, 0.1) is 0 Å². The standard InChI is InChI=1S/C14H28O4Si/c1-6-10-14(16-3)12(13(15)7-2)9-8-11-19(14,17-4)18-5/h12H,6-11H2,1-5H3. The summed E-state index contributed by atoms with van der Waals surface area (Å²) >= 11 is 0. The predicted octanol–water partition coefficient (Wildman–Crippen LogP) is 2.84. The Morgan fingerprint density at radius 2 is 1.89 bits per heavy atom. The van der Waals surface area contributed by atoms with Crippen LogP contribution in [0.2, 0.25) is 6.04 Å². The average molecular weight is 288 g/mol. The van der Waals surface area contributed by atoms with Gasteiger partial charge in [0.1, 0.15) is 11.0 Å². The van der Waals surface area contributed by atoms with Gasteiger partial charge in [-0.3, -0.25) is 4.79 Å². The van der Waals surface area contributed by atoms with Crippen LogP contribution in [0.1, 0.15) is 46.0 Å². The zero-order valence-electron chi connectivity index (χ0n) is 13.0. The molecule has 19 heavy (non-hydrogen) atoms. The van der Waals surface area contributed by atoms with Crippen LogP contribution in [0.5, 0.6) is 0 Å². The van der Waals surface area contributed by atoms with Gasteiger partial charge in [-0.2, -0.15) is 0 Å². The van der Waals surface area contributed by atoms with Gasteiger partial charge >= 0.3 is 8.56 Å². The van der Waals surface area contributed by atoms with E-state index >= 15 is 0 Å². The van der Waals surface area contributed by atoms with E-state index in [2.05, 4.69) is 6.92 Å². The maximum Gasteiger partial charge on any atom is 0.371 e.